The van der Waals surface area contributed by atoms with E-state index in [1.807, 2.05) is 47.0 Å². The molecule has 2 N–H and O–H groups in total. The van der Waals surface area contributed by atoms with Gasteiger partial charge in [-0.2, -0.15) is 0 Å². The fourth-order valence-corrected chi connectivity index (χ4v) is 4.69. The molecule has 0 spiro atoms. The summed E-state index contributed by atoms with van der Waals surface area (Å²) in [5.74, 6) is 0.863. The quantitative estimate of drug-likeness (QED) is 0.205. The Hall–Kier alpha value is -2.25. The van der Waals surface area contributed by atoms with Gasteiger partial charge in [0, 0.05) is 46.0 Å². The first-order chi connectivity index (χ1) is 16.4. The van der Waals surface area contributed by atoms with Crippen LogP contribution in [0, 0.1) is 0 Å². The minimum atomic E-state index is -0.0606. The van der Waals surface area contributed by atoms with Gasteiger partial charge in [0.2, 0.25) is 5.91 Å². The number of aromatic nitrogens is 2. The van der Waals surface area contributed by atoms with Crippen molar-refractivity contribution in [1.29, 1.82) is 0 Å². The molecule has 176 valence electrons. The van der Waals surface area contributed by atoms with E-state index in [2.05, 4.69) is 26.6 Å². The Morgan fingerprint density at radius 3 is 2.56 bits per heavy atom. The first-order valence-corrected chi connectivity index (χ1v) is 12.7. The lowest BCUT2D eigenvalue weighted by Gasteiger charge is -2.13. The van der Waals surface area contributed by atoms with Gasteiger partial charge in [-0.15, -0.1) is 0 Å². The SMILES string of the molecule is O=C(Cc1ccc(Cl)cc1Cl)NCCCCNc1cc(-c2ccccc2Cl)nc2c(Br)ccn12. The molecule has 1 amide bonds. The number of hydrogen-bond acceptors (Lipinski definition) is 3. The predicted octanol–water partition coefficient (Wildman–Crippen LogP) is 7.28. The second kappa shape index (κ2) is 11.5. The second-order valence-corrected chi connectivity index (χ2v) is 9.87. The fourth-order valence-electron chi connectivity index (χ4n) is 3.59. The highest BCUT2D eigenvalue weighted by Crippen LogP contribution is 2.31. The summed E-state index contributed by atoms with van der Waals surface area (Å²) in [7, 11) is 0. The largest absolute Gasteiger partial charge is 0.371 e. The number of carbonyl (C=O) groups excluding carboxylic acids is 1. The van der Waals surface area contributed by atoms with Crippen LogP contribution in [0.3, 0.4) is 0 Å². The maximum Gasteiger partial charge on any atom is 0.224 e. The van der Waals surface area contributed by atoms with E-state index >= 15 is 0 Å². The molecule has 5 nitrogen and oxygen atoms in total. The van der Waals surface area contributed by atoms with Gasteiger partial charge in [-0.3, -0.25) is 9.20 Å². The van der Waals surface area contributed by atoms with Crippen molar-refractivity contribution in [3.05, 3.63) is 85.9 Å². The molecule has 2 heterocycles. The summed E-state index contributed by atoms with van der Waals surface area (Å²) < 4.78 is 2.91. The van der Waals surface area contributed by atoms with Gasteiger partial charge in [0.15, 0.2) is 5.65 Å². The molecular formula is C25H22BrCl3N4O. The lowest BCUT2D eigenvalue weighted by Crippen LogP contribution is -2.26. The molecule has 0 saturated heterocycles. The van der Waals surface area contributed by atoms with Gasteiger partial charge in [-0.25, -0.2) is 4.98 Å². The van der Waals surface area contributed by atoms with Crippen LogP contribution in [0.25, 0.3) is 16.9 Å². The summed E-state index contributed by atoms with van der Waals surface area (Å²) in [6.45, 7) is 1.34. The van der Waals surface area contributed by atoms with E-state index in [0.717, 1.165) is 52.1 Å². The van der Waals surface area contributed by atoms with Crippen LogP contribution in [0.2, 0.25) is 15.1 Å². The maximum absolute atomic E-state index is 12.2. The highest BCUT2D eigenvalue weighted by molar-refractivity contribution is 9.10. The Balaban J connectivity index is 1.31. The number of amides is 1. The summed E-state index contributed by atoms with van der Waals surface area (Å²) in [6.07, 6.45) is 3.92. The molecule has 2 aromatic heterocycles. The number of halogens is 4. The zero-order chi connectivity index (χ0) is 24.1. The number of nitrogens with one attached hydrogen (secondary N) is 2. The van der Waals surface area contributed by atoms with Crippen molar-refractivity contribution < 1.29 is 4.79 Å². The minimum Gasteiger partial charge on any atom is -0.371 e. The monoisotopic (exact) mass is 578 g/mol. The molecule has 0 aliphatic rings. The lowest BCUT2D eigenvalue weighted by atomic mass is 10.1. The molecule has 0 fully saturated rings. The minimum absolute atomic E-state index is 0.0606. The average Bonchev–Trinajstić information content (AvgIpc) is 3.19. The summed E-state index contributed by atoms with van der Waals surface area (Å²) >= 11 is 22.0. The number of carbonyl (C=O) groups is 1. The van der Waals surface area contributed by atoms with Gasteiger partial charge in [0.05, 0.1) is 16.6 Å². The molecule has 4 aromatic rings. The summed E-state index contributed by atoms with van der Waals surface area (Å²) in [6, 6.07) is 16.8. The third-order valence-corrected chi connectivity index (χ3v) is 6.85. The molecule has 0 aliphatic carbocycles. The Labute approximate surface area is 221 Å². The smallest absolute Gasteiger partial charge is 0.224 e. The van der Waals surface area contributed by atoms with E-state index in [-0.39, 0.29) is 12.3 Å². The van der Waals surface area contributed by atoms with E-state index in [1.165, 1.54) is 0 Å². The molecule has 0 saturated carbocycles. The molecular weight excluding hydrogens is 559 g/mol. The molecule has 4 rings (SSSR count). The zero-order valence-electron chi connectivity index (χ0n) is 18.1. The van der Waals surface area contributed by atoms with Crippen molar-refractivity contribution in [1.82, 2.24) is 14.7 Å². The second-order valence-electron chi connectivity index (χ2n) is 7.76. The van der Waals surface area contributed by atoms with E-state index in [1.54, 1.807) is 18.2 Å². The van der Waals surface area contributed by atoms with E-state index < -0.39 is 0 Å². The number of nitrogens with zero attached hydrogens (tertiary/aromatic N) is 2. The Bertz CT molecular complexity index is 1330. The number of rotatable bonds is 9. The van der Waals surface area contributed by atoms with Crippen molar-refractivity contribution in [2.24, 2.45) is 0 Å². The van der Waals surface area contributed by atoms with Crippen molar-refractivity contribution in [3.63, 3.8) is 0 Å². The van der Waals surface area contributed by atoms with Gasteiger partial charge in [0.25, 0.3) is 0 Å². The highest BCUT2D eigenvalue weighted by atomic mass is 79.9. The van der Waals surface area contributed by atoms with Crippen LogP contribution in [0.1, 0.15) is 18.4 Å². The zero-order valence-corrected chi connectivity index (χ0v) is 22.0. The van der Waals surface area contributed by atoms with E-state index in [9.17, 15) is 4.79 Å². The Morgan fingerprint density at radius 1 is 0.971 bits per heavy atom. The van der Waals surface area contributed by atoms with Crippen LogP contribution in [-0.2, 0) is 11.2 Å². The van der Waals surface area contributed by atoms with Crippen molar-refractivity contribution in [3.8, 4) is 11.3 Å². The number of hydrogen-bond donors (Lipinski definition) is 2. The Morgan fingerprint density at radius 2 is 1.76 bits per heavy atom. The first kappa shape index (κ1) is 24.9. The van der Waals surface area contributed by atoms with Gasteiger partial charge in [0.1, 0.15) is 5.82 Å². The third kappa shape index (κ3) is 6.05. The fraction of sp³-hybridized carbons (Fsp3) is 0.200. The number of fused-ring (bicyclic) bond motifs is 1. The van der Waals surface area contributed by atoms with E-state index in [4.69, 9.17) is 39.8 Å². The van der Waals surface area contributed by atoms with E-state index in [0.29, 0.717) is 21.6 Å². The van der Waals surface area contributed by atoms with Gasteiger partial charge >= 0.3 is 0 Å². The third-order valence-electron chi connectivity index (χ3n) is 5.32. The molecule has 0 aliphatic heterocycles. The van der Waals surface area contributed by atoms with Crippen LogP contribution < -0.4 is 10.6 Å². The standard InChI is InChI=1S/C25H22BrCl3N4O/c26-19-9-12-33-23(15-22(32-25(19)33)18-5-1-2-6-20(18)28)30-10-3-4-11-31-24(34)13-16-7-8-17(27)14-21(16)29/h1-2,5-9,12,14-15,30H,3-4,10-11,13H2,(H,31,34). The highest BCUT2D eigenvalue weighted by Gasteiger charge is 2.12. The summed E-state index contributed by atoms with van der Waals surface area (Å²) in [5.41, 5.74) is 3.26. The van der Waals surface area contributed by atoms with Crippen molar-refractivity contribution in [2.75, 3.05) is 18.4 Å². The number of benzene rings is 2. The van der Waals surface area contributed by atoms with Crippen LogP contribution in [0.4, 0.5) is 5.82 Å². The topological polar surface area (TPSA) is 58.4 Å². The molecule has 0 atom stereocenters. The normalized spacial score (nSPS) is 11.1. The van der Waals surface area contributed by atoms with Gasteiger partial charge < -0.3 is 10.6 Å². The van der Waals surface area contributed by atoms with Crippen LogP contribution >= 0.6 is 50.7 Å². The molecule has 0 unspecified atom stereocenters. The summed E-state index contributed by atoms with van der Waals surface area (Å²) in [5, 5.41) is 8.15. The average molecular weight is 581 g/mol. The lowest BCUT2D eigenvalue weighted by molar-refractivity contribution is -0.120. The molecule has 34 heavy (non-hydrogen) atoms. The number of anilines is 1. The maximum atomic E-state index is 12.2. The molecule has 0 radical (unpaired) electrons. The predicted molar refractivity (Wildman–Crippen MR) is 144 cm³/mol. The van der Waals surface area contributed by atoms with Gasteiger partial charge in [-0.1, -0.05) is 59.1 Å². The van der Waals surface area contributed by atoms with Crippen LogP contribution in [-0.4, -0.2) is 28.4 Å². The number of unbranched alkanes of at least 4 members (excludes halogenated alkanes) is 1. The van der Waals surface area contributed by atoms with Crippen molar-refractivity contribution >= 4 is 68.1 Å². The van der Waals surface area contributed by atoms with Gasteiger partial charge in [-0.05, 0) is 58.6 Å². The van der Waals surface area contributed by atoms with Crippen molar-refractivity contribution in [2.45, 2.75) is 19.3 Å². The molecule has 9 heteroatoms. The van der Waals surface area contributed by atoms with Crippen LogP contribution in [0.5, 0.6) is 0 Å². The molecule has 0 bridgehead atoms. The molecule has 2 aromatic carbocycles. The Kier molecular flexibility index (Phi) is 8.37. The summed E-state index contributed by atoms with van der Waals surface area (Å²) in [4.78, 5) is 17.0. The van der Waals surface area contributed by atoms with Crippen LogP contribution in [0.15, 0.2) is 65.3 Å². The first-order valence-electron chi connectivity index (χ1n) is 10.8.